The third kappa shape index (κ3) is 3.85. The highest BCUT2D eigenvalue weighted by molar-refractivity contribution is 7.10. The van der Waals surface area contributed by atoms with Crippen LogP contribution in [0.2, 0.25) is 0 Å². The Kier molecular flexibility index (Phi) is 4.83. The summed E-state index contributed by atoms with van der Waals surface area (Å²) in [5, 5.41) is 5.00. The van der Waals surface area contributed by atoms with Crippen molar-refractivity contribution in [2.45, 2.75) is 12.5 Å². The number of benzene rings is 2. The van der Waals surface area contributed by atoms with Gasteiger partial charge in [0, 0.05) is 4.88 Å². The van der Waals surface area contributed by atoms with Gasteiger partial charge in [-0.3, -0.25) is 4.79 Å². The molecule has 116 valence electrons. The number of carbonyl (C=O) groups is 1. The Labute approximate surface area is 138 Å². The summed E-state index contributed by atoms with van der Waals surface area (Å²) in [5.41, 5.74) is 1.42. The number of thiophene rings is 1. The molecule has 3 rings (SSSR count). The van der Waals surface area contributed by atoms with Gasteiger partial charge in [-0.15, -0.1) is 11.3 Å². The second kappa shape index (κ2) is 7.20. The molecule has 1 atom stereocenters. The molecule has 2 aromatic carbocycles. The van der Waals surface area contributed by atoms with E-state index < -0.39 is 0 Å². The molecule has 0 radical (unpaired) electrons. The Bertz CT molecular complexity index is 771. The summed E-state index contributed by atoms with van der Waals surface area (Å²) in [7, 11) is 0. The maximum absolute atomic E-state index is 13.7. The van der Waals surface area contributed by atoms with Crippen molar-refractivity contribution in [1.82, 2.24) is 5.32 Å². The fourth-order valence-corrected chi connectivity index (χ4v) is 3.25. The average Bonchev–Trinajstić information content (AvgIpc) is 3.10. The van der Waals surface area contributed by atoms with Gasteiger partial charge >= 0.3 is 0 Å². The predicted molar refractivity (Wildman–Crippen MR) is 90.9 cm³/mol. The molecule has 0 spiro atoms. The van der Waals surface area contributed by atoms with Crippen molar-refractivity contribution >= 4 is 17.2 Å². The van der Waals surface area contributed by atoms with Crippen molar-refractivity contribution in [2.24, 2.45) is 0 Å². The fraction of sp³-hybridized carbons (Fsp3) is 0.105. The summed E-state index contributed by atoms with van der Waals surface area (Å²) in [4.78, 5) is 13.4. The van der Waals surface area contributed by atoms with Crippen LogP contribution in [0.4, 0.5) is 4.39 Å². The molecule has 2 nitrogen and oxygen atoms in total. The van der Waals surface area contributed by atoms with Crippen LogP contribution in [0, 0.1) is 5.82 Å². The van der Waals surface area contributed by atoms with E-state index in [4.69, 9.17) is 0 Å². The van der Waals surface area contributed by atoms with Crippen LogP contribution in [0.3, 0.4) is 0 Å². The smallest absolute Gasteiger partial charge is 0.225 e. The van der Waals surface area contributed by atoms with Crippen LogP contribution in [0.25, 0.3) is 0 Å². The Morgan fingerprint density at radius 3 is 2.43 bits per heavy atom. The summed E-state index contributed by atoms with van der Waals surface area (Å²) in [6.45, 7) is 0. The van der Waals surface area contributed by atoms with E-state index in [0.717, 1.165) is 10.4 Å². The summed E-state index contributed by atoms with van der Waals surface area (Å²) in [6, 6.07) is 19.9. The summed E-state index contributed by atoms with van der Waals surface area (Å²) < 4.78 is 13.7. The van der Waals surface area contributed by atoms with Crippen molar-refractivity contribution in [3.8, 4) is 0 Å². The lowest BCUT2D eigenvalue weighted by Gasteiger charge is -2.18. The van der Waals surface area contributed by atoms with Crippen molar-refractivity contribution in [1.29, 1.82) is 0 Å². The van der Waals surface area contributed by atoms with Crippen LogP contribution in [0.1, 0.15) is 22.0 Å². The largest absolute Gasteiger partial charge is 0.344 e. The first kappa shape index (κ1) is 15.4. The predicted octanol–water partition coefficient (Wildman–Crippen LogP) is 4.34. The molecule has 0 fully saturated rings. The molecule has 0 saturated carbocycles. The second-order valence-electron chi connectivity index (χ2n) is 5.19. The molecular formula is C19H16FNOS. The lowest BCUT2D eigenvalue weighted by molar-refractivity contribution is -0.121. The van der Waals surface area contributed by atoms with Gasteiger partial charge in [-0.05, 0) is 28.6 Å². The molecule has 23 heavy (non-hydrogen) atoms. The second-order valence-corrected chi connectivity index (χ2v) is 6.17. The van der Waals surface area contributed by atoms with Gasteiger partial charge in [0.15, 0.2) is 0 Å². The quantitative estimate of drug-likeness (QED) is 0.743. The molecule has 1 unspecified atom stereocenters. The zero-order valence-electron chi connectivity index (χ0n) is 12.4. The molecule has 1 aromatic heterocycles. The normalized spacial score (nSPS) is 11.9. The minimum absolute atomic E-state index is 0.0291. The van der Waals surface area contributed by atoms with Crippen LogP contribution in [0.5, 0.6) is 0 Å². The molecule has 0 saturated heterocycles. The van der Waals surface area contributed by atoms with Gasteiger partial charge in [0.2, 0.25) is 5.91 Å². The monoisotopic (exact) mass is 325 g/mol. The molecule has 0 aliphatic carbocycles. The Hall–Kier alpha value is -2.46. The Morgan fingerprint density at radius 2 is 1.74 bits per heavy atom. The van der Waals surface area contributed by atoms with E-state index in [2.05, 4.69) is 5.32 Å². The first-order chi connectivity index (χ1) is 11.2. The number of carbonyl (C=O) groups excluding carboxylic acids is 1. The first-order valence-electron chi connectivity index (χ1n) is 7.35. The van der Waals surface area contributed by atoms with Gasteiger partial charge in [-0.1, -0.05) is 54.6 Å². The summed E-state index contributed by atoms with van der Waals surface area (Å²) >= 11 is 1.59. The molecule has 0 aliphatic rings. The maximum atomic E-state index is 13.7. The number of halogens is 1. The number of hydrogen-bond donors (Lipinski definition) is 1. The Balaban J connectivity index is 1.79. The minimum Gasteiger partial charge on any atom is -0.344 e. The van der Waals surface area contributed by atoms with E-state index in [1.54, 1.807) is 29.5 Å². The molecule has 4 heteroatoms. The van der Waals surface area contributed by atoms with Crippen LogP contribution in [-0.2, 0) is 11.2 Å². The van der Waals surface area contributed by atoms with Gasteiger partial charge in [0.25, 0.3) is 0 Å². The van der Waals surface area contributed by atoms with Crippen LogP contribution >= 0.6 is 11.3 Å². The third-order valence-electron chi connectivity index (χ3n) is 3.57. The van der Waals surface area contributed by atoms with Gasteiger partial charge in [0.1, 0.15) is 5.82 Å². The van der Waals surface area contributed by atoms with E-state index >= 15 is 0 Å². The molecule has 3 aromatic rings. The highest BCUT2D eigenvalue weighted by Gasteiger charge is 2.18. The third-order valence-corrected chi connectivity index (χ3v) is 4.51. The topological polar surface area (TPSA) is 29.1 Å². The summed E-state index contributed by atoms with van der Waals surface area (Å²) in [6.07, 6.45) is 0.0291. The van der Waals surface area contributed by atoms with E-state index in [1.807, 2.05) is 47.8 Å². The molecular weight excluding hydrogens is 309 g/mol. The maximum Gasteiger partial charge on any atom is 0.225 e. The highest BCUT2D eigenvalue weighted by atomic mass is 32.1. The van der Waals surface area contributed by atoms with Crippen molar-refractivity contribution < 1.29 is 9.18 Å². The number of amides is 1. The molecule has 1 heterocycles. The van der Waals surface area contributed by atoms with E-state index in [-0.39, 0.29) is 24.2 Å². The SMILES string of the molecule is O=C(Cc1ccccc1F)NC(c1ccccc1)c1cccs1. The highest BCUT2D eigenvalue weighted by Crippen LogP contribution is 2.26. The zero-order chi connectivity index (χ0) is 16.1. The Morgan fingerprint density at radius 1 is 1.00 bits per heavy atom. The lowest BCUT2D eigenvalue weighted by atomic mass is 10.0. The summed E-state index contributed by atoms with van der Waals surface area (Å²) in [5.74, 6) is -0.549. The lowest BCUT2D eigenvalue weighted by Crippen LogP contribution is -2.30. The standard InChI is InChI=1S/C19H16FNOS/c20-16-10-5-4-9-15(16)13-18(22)21-19(17-11-6-12-23-17)14-7-2-1-3-8-14/h1-12,19H,13H2,(H,21,22). The van der Waals surface area contributed by atoms with Gasteiger partial charge in [-0.25, -0.2) is 4.39 Å². The molecule has 1 amide bonds. The number of rotatable bonds is 5. The molecule has 0 aliphatic heterocycles. The number of hydrogen-bond acceptors (Lipinski definition) is 2. The van der Waals surface area contributed by atoms with E-state index in [0.29, 0.717) is 5.56 Å². The van der Waals surface area contributed by atoms with Crippen molar-refractivity contribution in [3.63, 3.8) is 0 Å². The van der Waals surface area contributed by atoms with Crippen molar-refractivity contribution in [3.05, 3.63) is 93.9 Å². The average molecular weight is 325 g/mol. The molecule has 1 N–H and O–H groups in total. The number of nitrogens with one attached hydrogen (secondary N) is 1. The minimum atomic E-state index is -0.352. The van der Waals surface area contributed by atoms with Crippen LogP contribution in [-0.4, -0.2) is 5.91 Å². The zero-order valence-corrected chi connectivity index (χ0v) is 13.2. The van der Waals surface area contributed by atoms with E-state index in [9.17, 15) is 9.18 Å². The van der Waals surface area contributed by atoms with Crippen LogP contribution < -0.4 is 5.32 Å². The van der Waals surface area contributed by atoms with Crippen LogP contribution in [0.15, 0.2) is 72.1 Å². The van der Waals surface area contributed by atoms with Gasteiger partial charge in [0.05, 0.1) is 12.5 Å². The van der Waals surface area contributed by atoms with E-state index in [1.165, 1.54) is 6.07 Å². The fourth-order valence-electron chi connectivity index (χ4n) is 2.45. The van der Waals surface area contributed by atoms with Crippen molar-refractivity contribution in [2.75, 3.05) is 0 Å². The first-order valence-corrected chi connectivity index (χ1v) is 8.23. The van der Waals surface area contributed by atoms with Gasteiger partial charge in [-0.2, -0.15) is 0 Å². The van der Waals surface area contributed by atoms with Gasteiger partial charge < -0.3 is 5.32 Å². The molecule has 0 bridgehead atoms.